The van der Waals surface area contributed by atoms with Crippen LogP contribution < -0.4 is 11.1 Å². The first kappa shape index (κ1) is 14.1. The Morgan fingerprint density at radius 1 is 1.67 bits per heavy atom. The lowest BCUT2D eigenvalue weighted by molar-refractivity contribution is 0.197. The molecule has 0 spiro atoms. The first-order valence-electron chi connectivity index (χ1n) is 5.11. The third-order valence-corrected chi connectivity index (χ3v) is 2.23. The molecular formula is C9H13ClN6O2. The molecule has 1 rings (SSSR count). The Labute approximate surface area is 108 Å². The number of urea groups is 1. The van der Waals surface area contributed by atoms with Crippen molar-refractivity contribution in [3.63, 3.8) is 0 Å². The van der Waals surface area contributed by atoms with Gasteiger partial charge in [0.25, 0.3) is 0 Å². The van der Waals surface area contributed by atoms with Crippen molar-refractivity contribution in [2.45, 2.75) is 13.5 Å². The highest BCUT2D eigenvalue weighted by Gasteiger charge is 2.16. The smallest absolute Gasteiger partial charge is 0.340 e. The number of hydrogen-bond acceptors (Lipinski definition) is 6. The second kappa shape index (κ2) is 6.70. The minimum atomic E-state index is -0.648. The molecule has 8 nitrogen and oxygen atoms in total. The van der Waals surface area contributed by atoms with Crippen LogP contribution in [0.2, 0.25) is 0 Å². The van der Waals surface area contributed by atoms with E-state index in [-0.39, 0.29) is 24.8 Å². The molecule has 0 fully saturated rings. The predicted octanol–water partition coefficient (Wildman–Crippen LogP) is 0.799. The summed E-state index contributed by atoms with van der Waals surface area (Å²) in [5, 5.41) is 5.72. The van der Waals surface area contributed by atoms with E-state index in [0.29, 0.717) is 16.4 Å². The van der Waals surface area contributed by atoms with Crippen LogP contribution in [0.4, 0.5) is 10.6 Å². The van der Waals surface area contributed by atoms with Gasteiger partial charge < -0.3 is 11.1 Å². The van der Waals surface area contributed by atoms with Crippen LogP contribution in [0, 0.1) is 11.8 Å². The number of amides is 2. The monoisotopic (exact) mass is 272 g/mol. The highest BCUT2D eigenvalue weighted by Crippen LogP contribution is 2.11. The quantitative estimate of drug-likeness (QED) is 0.467. The third-order valence-electron chi connectivity index (χ3n) is 2.04. The second-order valence-corrected chi connectivity index (χ2v) is 3.77. The largest absolute Gasteiger partial charge is 0.383 e. The number of aryl methyl sites for hydroxylation is 1. The lowest BCUT2D eigenvalue weighted by atomic mass is 10.3. The van der Waals surface area contributed by atoms with Gasteiger partial charge in [-0.15, -0.1) is 16.5 Å². The van der Waals surface area contributed by atoms with Gasteiger partial charge in [0.15, 0.2) is 0 Å². The number of nitrogens with one attached hydrogen (secondary N) is 1. The molecule has 0 aliphatic heterocycles. The summed E-state index contributed by atoms with van der Waals surface area (Å²) in [5.41, 5.74) is 6.10. The van der Waals surface area contributed by atoms with Crippen LogP contribution in [-0.2, 0) is 6.54 Å². The zero-order valence-electron chi connectivity index (χ0n) is 9.76. The number of alkyl halides is 1. The van der Waals surface area contributed by atoms with E-state index in [9.17, 15) is 9.70 Å². The van der Waals surface area contributed by atoms with Crippen LogP contribution in [0.25, 0.3) is 0 Å². The summed E-state index contributed by atoms with van der Waals surface area (Å²) >= 11 is 5.41. The van der Waals surface area contributed by atoms with Gasteiger partial charge in [-0.3, -0.25) is 0 Å². The first-order chi connectivity index (χ1) is 8.58. The van der Waals surface area contributed by atoms with Crippen molar-refractivity contribution in [3.05, 3.63) is 22.5 Å². The third kappa shape index (κ3) is 3.81. The molecule has 3 N–H and O–H groups in total. The summed E-state index contributed by atoms with van der Waals surface area (Å²) < 4.78 is 0. The predicted molar refractivity (Wildman–Crippen MR) is 66.6 cm³/mol. The molecule has 0 aliphatic rings. The SMILES string of the molecule is Cc1ncc(CN(N=O)C(=O)NCCCl)c(N)n1. The van der Waals surface area contributed by atoms with Crippen LogP contribution in [-0.4, -0.2) is 33.4 Å². The minimum absolute atomic E-state index is 0.0935. The molecule has 0 saturated carbocycles. The Kier molecular flexibility index (Phi) is 5.25. The Balaban J connectivity index is 2.73. The fraction of sp³-hybridized carbons (Fsp3) is 0.444. The van der Waals surface area contributed by atoms with Gasteiger partial charge in [-0.25, -0.2) is 14.8 Å². The summed E-state index contributed by atoms with van der Waals surface area (Å²) in [4.78, 5) is 29.9. The molecule has 1 heterocycles. The van der Waals surface area contributed by atoms with E-state index in [0.717, 1.165) is 0 Å². The van der Waals surface area contributed by atoms with Gasteiger partial charge in [0.2, 0.25) is 0 Å². The maximum atomic E-state index is 11.5. The van der Waals surface area contributed by atoms with Gasteiger partial charge in [-0.1, -0.05) is 0 Å². The average molecular weight is 273 g/mol. The van der Waals surface area contributed by atoms with Crippen LogP contribution in [0.5, 0.6) is 0 Å². The minimum Gasteiger partial charge on any atom is -0.383 e. The standard InChI is InChI=1S/C9H13ClN6O2/c1-6-13-4-7(8(11)14-6)5-16(15-18)9(17)12-3-2-10/h4H,2-3,5H2,1H3,(H,12,17)(H2,11,13,14). The number of nitrogens with zero attached hydrogens (tertiary/aromatic N) is 4. The number of hydrogen-bond donors (Lipinski definition) is 2. The van der Waals surface area contributed by atoms with Crippen LogP contribution in [0.1, 0.15) is 11.4 Å². The van der Waals surface area contributed by atoms with Crippen LogP contribution >= 0.6 is 11.6 Å². The molecule has 0 radical (unpaired) electrons. The van der Waals surface area contributed by atoms with Crippen molar-refractivity contribution < 1.29 is 4.79 Å². The highest BCUT2D eigenvalue weighted by molar-refractivity contribution is 6.18. The summed E-state index contributed by atoms with van der Waals surface area (Å²) in [7, 11) is 0. The van der Waals surface area contributed by atoms with Crippen LogP contribution in [0.15, 0.2) is 11.5 Å². The van der Waals surface area contributed by atoms with Crippen molar-refractivity contribution in [2.24, 2.45) is 5.29 Å². The van der Waals surface area contributed by atoms with Gasteiger partial charge in [0.05, 0.1) is 11.8 Å². The molecule has 9 heteroatoms. The van der Waals surface area contributed by atoms with Crippen molar-refractivity contribution in [1.82, 2.24) is 20.3 Å². The molecule has 0 atom stereocenters. The van der Waals surface area contributed by atoms with E-state index in [2.05, 4.69) is 20.6 Å². The number of aromatic nitrogens is 2. The number of anilines is 1. The molecule has 2 amide bonds. The maximum absolute atomic E-state index is 11.5. The molecule has 0 aromatic carbocycles. The highest BCUT2D eigenvalue weighted by atomic mass is 35.5. The number of nitroso groups, excluding NO2 is 1. The normalized spacial score (nSPS) is 9.89. The zero-order valence-corrected chi connectivity index (χ0v) is 10.5. The van der Waals surface area contributed by atoms with E-state index in [1.165, 1.54) is 6.20 Å². The molecule has 1 aromatic heterocycles. The number of halogens is 1. The zero-order chi connectivity index (χ0) is 13.5. The molecule has 0 unspecified atom stereocenters. The summed E-state index contributed by atoms with van der Waals surface area (Å²) in [6, 6.07) is -0.648. The van der Waals surface area contributed by atoms with Gasteiger partial charge in [-0.2, -0.15) is 5.01 Å². The van der Waals surface area contributed by atoms with Gasteiger partial charge in [0.1, 0.15) is 11.6 Å². The fourth-order valence-corrected chi connectivity index (χ4v) is 1.27. The fourth-order valence-electron chi connectivity index (χ4n) is 1.18. The number of carbonyl (C=O) groups excluding carboxylic acids is 1. The molecular weight excluding hydrogens is 260 g/mol. The Morgan fingerprint density at radius 2 is 2.39 bits per heavy atom. The van der Waals surface area contributed by atoms with E-state index in [1.807, 2.05) is 0 Å². The lowest BCUT2D eigenvalue weighted by Gasteiger charge is -2.14. The molecule has 0 saturated heterocycles. The number of carbonyl (C=O) groups is 1. The number of nitrogen functional groups attached to an aromatic ring is 1. The topological polar surface area (TPSA) is 114 Å². The summed E-state index contributed by atoms with van der Waals surface area (Å²) in [6.45, 7) is 1.83. The number of rotatable bonds is 5. The van der Waals surface area contributed by atoms with Crippen molar-refractivity contribution >= 4 is 23.4 Å². The van der Waals surface area contributed by atoms with E-state index in [1.54, 1.807) is 6.92 Å². The molecule has 18 heavy (non-hydrogen) atoms. The average Bonchev–Trinajstić information content (AvgIpc) is 2.35. The van der Waals surface area contributed by atoms with Crippen molar-refractivity contribution in [1.29, 1.82) is 0 Å². The first-order valence-corrected chi connectivity index (χ1v) is 5.64. The maximum Gasteiger partial charge on any atom is 0.340 e. The Morgan fingerprint density at radius 3 is 2.94 bits per heavy atom. The van der Waals surface area contributed by atoms with Crippen molar-refractivity contribution in [2.75, 3.05) is 18.2 Å². The van der Waals surface area contributed by atoms with E-state index >= 15 is 0 Å². The van der Waals surface area contributed by atoms with Gasteiger partial charge in [-0.05, 0) is 6.92 Å². The molecule has 0 bridgehead atoms. The van der Waals surface area contributed by atoms with E-state index < -0.39 is 6.03 Å². The van der Waals surface area contributed by atoms with Crippen LogP contribution in [0.3, 0.4) is 0 Å². The van der Waals surface area contributed by atoms with E-state index in [4.69, 9.17) is 17.3 Å². The van der Waals surface area contributed by atoms with Gasteiger partial charge in [0, 0.05) is 24.2 Å². The van der Waals surface area contributed by atoms with Crippen molar-refractivity contribution in [3.8, 4) is 0 Å². The number of nitrogens with two attached hydrogens (primary N) is 1. The summed E-state index contributed by atoms with van der Waals surface area (Å²) in [6.07, 6.45) is 1.45. The lowest BCUT2D eigenvalue weighted by Crippen LogP contribution is -2.37. The second-order valence-electron chi connectivity index (χ2n) is 3.39. The molecule has 0 aliphatic carbocycles. The molecule has 98 valence electrons. The summed E-state index contributed by atoms with van der Waals surface area (Å²) in [5.74, 6) is 0.962. The Hall–Kier alpha value is -1.96. The molecule has 1 aromatic rings. The Bertz CT molecular complexity index is 441. The van der Waals surface area contributed by atoms with Gasteiger partial charge >= 0.3 is 6.03 Å².